The van der Waals surface area contributed by atoms with Crippen molar-refractivity contribution in [2.45, 2.75) is 6.92 Å². The summed E-state index contributed by atoms with van der Waals surface area (Å²) in [5.41, 5.74) is 5.72. The molecule has 122 valence electrons. The molecule has 0 aliphatic heterocycles. The first-order chi connectivity index (χ1) is 12.8. The van der Waals surface area contributed by atoms with Crippen molar-refractivity contribution in [1.82, 2.24) is 9.38 Å². The predicted octanol–water partition coefficient (Wildman–Crippen LogP) is 6.26. The minimum atomic E-state index is 1.04. The largest absolute Gasteiger partial charge is 0.292 e. The van der Waals surface area contributed by atoms with Crippen LogP contribution in [-0.4, -0.2) is 9.38 Å². The fraction of sp³-hybridized carbons (Fsp3) is 0.0417. The van der Waals surface area contributed by atoms with Crippen LogP contribution in [0.25, 0.3) is 49.1 Å². The first kappa shape index (κ1) is 13.9. The molecule has 0 saturated heterocycles. The van der Waals surface area contributed by atoms with Crippen LogP contribution in [0.1, 0.15) is 5.56 Å². The van der Waals surface area contributed by atoms with Gasteiger partial charge in [-0.2, -0.15) is 0 Å². The van der Waals surface area contributed by atoms with Gasteiger partial charge in [-0.05, 0) is 47.3 Å². The zero-order chi connectivity index (χ0) is 17.3. The lowest BCUT2D eigenvalue weighted by atomic mass is 9.99. The van der Waals surface area contributed by atoms with Crippen molar-refractivity contribution >= 4 is 49.1 Å². The number of pyridine rings is 1. The molecule has 0 saturated carbocycles. The highest BCUT2D eigenvalue weighted by Crippen LogP contribution is 2.36. The van der Waals surface area contributed by atoms with Crippen LogP contribution in [0.2, 0.25) is 0 Å². The minimum Gasteiger partial charge on any atom is -0.292 e. The maximum Gasteiger partial charge on any atom is 0.147 e. The molecule has 6 aromatic rings. The van der Waals surface area contributed by atoms with E-state index >= 15 is 0 Å². The topological polar surface area (TPSA) is 17.3 Å². The van der Waals surface area contributed by atoms with Gasteiger partial charge < -0.3 is 0 Å². The molecule has 0 N–H and O–H groups in total. The second-order valence-electron chi connectivity index (χ2n) is 6.99. The average molecular weight is 332 g/mol. The van der Waals surface area contributed by atoms with Crippen molar-refractivity contribution in [2.24, 2.45) is 0 Å². The summed E-state index contributed by atoms with van der Waals surface area (Å²) >= 11 is 0. The third-order valence-electron chi connectivity index (χ3n) is 5.40. The molecule has 0 atom stereocenters. The van der Waals surface area contributed by atoms with Gasteiger partial charge in [0.05, 0.1) is 16.6 Å². The molecule has 2 heterocycles. The highest BCUT2D eigenvalue weighted by Gasteiger charge is 2.15. The van der Waals surface area contributed by atoms with Gasteiger partial charge in [-0.1, -0.05) is 60.2 Å². The van der Waals surface area contributed by atoms with Crippen LogP contribution in [0.4, 0.5) is 0 Å². The van der Waals surface area contributed by atoms with Crippen LogP contribution in [0.3, 0.4) is 0 Å². The van der Waals surface area contributed by atoms with Crippen molar-refractivity contribution in [1.29, 1.82) is 0 Å². The summed E-state index contributed by atoms with van der Waals surface area (Å²) in [6.45, 7) is 2.16. The Bertz CT molecular complexity index is 1490. The maximum absolute atomic E-state index is 5.03. The van der Waals surface area contributed by atoms with Crippen molar-refractivity contribution in [3.8, 4) is 0 Å². The van der Waals surface area contributed by atoms with E-state index in [1.54, 1.807) is 0 Å². The van der Waals surface area contributed by atoms with Crippen molar-refractivity contribution in [2.75, 3.05) is 0 Å². The number of hydrogen-bond acceptors (Lipinski definition) is 1. The zero-order valence-corrected chi connectivity index (χ0v) is 14.4. The molecule has 0 amide bonds. The first-order valence-corrected chi connectivity index (χ1v) is 8.92. The van der Waals surface area contributed by atoms with E-state index in [1.807, 2.05) is 0 Å². The van der Waals surface area contributed by atoms with Gasteiger partial charge >= 0.3 is 0 Å². The number of hydrogen-bond donors (Lipinski definition) is 0. The van der Waals surface area contributed by atoms with E-state index in [1.165, 1.54) is 38.0 Å². The molecule has 2 nitrogen and oxygen atoms in total. The van der Waals surface area contributed by atoms with Crippen LogP contribution in [-0.2, 0) is 0 Å². The molecular weight excluding hydrogens is 316 g/mol. The molecule has 2 aromatic heterocycles. The van der Waals surface area contributed by atoms with Crippen LogP contribution in [0.15, 0.2) is 78.9 Å². The quantitative estimate of drug-likeness (QED) is 0.300. The second-order valence-corrected chi connectivity index (χ2v) is 6.99. The van der Waals surface area contributed by atoms with Gasteiger partial charge in [0.2, 0.25) is 0 Å². The first-order valence-electron chi connectivity index (χ1n) is 8.92. The molecule has 0 fully saturated rings. The number of benzene rings is 4. The number of para-hydroxylation sites is 2. The monoisotopic (exact) mass is 332 g/mol. The van der Waals surface area contributed by atoms with Crippen molar-refractivity contribution in [3.05, 3.63) is 84.4 Å². The minimum absolute atomic E-state index is 1.04. The van der Waals surface area contributed by atoms with Gasteiger partial charge in [0.15, 0.2) is 0 Å². The number of fused-ring (bicyclic) bond motifs is 10. The summed E-state index contributed by atoms with van der Waals surface area (Å²) in [5.74, 6) is 0. The fourth-order valence-corrected chi connectivity index (χ4v) is 4.24. The molecule has 2 heteroatoms. The number of aromatic nitrogens is 2. The molecule has 0 radical (unpaired) electrons. The molecule has 0 aliphatic rings. The molecule has 0 bridgehead atoms. The predicted molar refractivity (Wildman–Crippen MR) is 110 cm³/mol. The summed E-state index contributed by atoms with van der Waals surface area (Å²) in [6.07, 6.45) is 0. The summed E-state index contributed by atoms with van der Waals surface area (Å²) in [6, 6.07) is 28.2. The number of imidazole rings is 1. The standard InChI is InChI=1S/C24H16N2/c1-15-10-13-21-19(14-15)18-12-11-16-6-2-3-7-17(16)23(18)24-25-20-8-4-5-9-22(20)26(21)24/h2-14H,1H3. The number of rotatable bonds is 0. The molecule has 0 spiro atoms. The smallest absolute Gasteiger partial charge is 0.147 e. The van der Waals surface area contributed by atoms with E-state index in [0.717, 1.165) is 16.7 Å². The van der Waals surface area contributed by atoms with Crippen LogP contribution in [0, 0.1) is 6.92 Å². The van der Waals surface area contributed by atoms with Crippen LogP contribution >= 0.6 is 0 Å². The normalized spacial score (nSPS) is 12.0. The molecule has 0 aliphatic carbocycles. The van der Waals surface area contributed by atoms with E-state index in [9.17, 15) is 0 Å². The summed E-state index contributed by atoms with van der Waals surface area (Å²) in [4.78, 5) is 5.03. The van der Waals surface area contributed by atoms with Gasteiger partial charge in [-0.25, -0.2) is 4.98 Å². The SMILES string of the molecule is Cc1ccc2c(c1)c1ccc3ccccc3c1c1nc3ccccc3n21. The van der Waals surface area contributed by atoms with Gasteiger partial charge in [0.25, 0.3) is 0 Å². The molecule has 0 unspecified atom stereocenters. The van der Waals surface area contributed by atoms with E-state index in [4.69, 9.17) is 4.98 Å². The van der Waals surface area contributed by atoms with Gasteiger partial charge in [0, 0.05) is 10.8 Å². The zero-order valence-electron chi connectivity index (χ0n) is 14.4. The molecule has 6 rings (SSSR count). The van der Waals surface area contributed by atoms with Crippen LogP contribution < -0.4 is 0 Å². The Hall–Kier alpha value is -3.39. The molecule has 26 heavy (non-hydrogen) atoms. The highest BCUT2D eigenvalue weighted by atomic mass is 15.0. The Morgan fingerprint density at radius 1 is 0.692 bits per heavy atom. The average Bonchev–Trinajstić information content (AvgIpc) is 3.07. The number of aryl methyl sites for hydroxylation is 1. The van der Waals surface area contributed by atoms with Gasteiger partial charge in [0.1, 0.15) is 5.65 Å². The third-order valence-corrected chi connectivity index (χ3v) is 5.40. The van der Waals surface area contributed by atoms with Crippen molar-refractivity contribution in [3.63, 3.8) is 0 Å². The lowest BCUT2D eigenvalue weighted by Crippen LogP contribution is -1.93. The Kier molecular flexibility index (Phi) is 2.57. The van der Waals surface area contributed by atoms with Crippen molar-refractivity contribution < 1.29 is 0 Å². The lowest BCUT2D eigenvalue weighted by molar-refractivity contribution is 1.31. The van der Waals surface area contributed by atoms with Gasteiger partial charge in [-0.15, -0.1) is 0 Å². The fourth-order valence-electron chi connectivity index (χ4n) is 4.24. The van der Waals surface area contributed by atoms with Crippen LogP contribution in [0.5, 0.6) is 0 Å². The van der Waals surface area contributed by atoms with Gasteiger partial charge in [-0.3, -0.25) is 4.40 Å². The Morgan fingerprint density at radius 2 is 1.54 bits per heavy atom. The van der Waals surface area contributed by atoms with E-state index in [0.29, 0.717) is 0 Å². The summed E-state index contributed by atoms with van der Waals surface area (Å²) in [7, 11) is 0. The van der Waals surface area contributed by atoms with E-state index < -0.39 is 0 Å². The Labute approximate surface area is 150 Å². The van der Waals surface area contributed by atoms with E-state index in [2.05, 4.69) is 90.2 Å². The Morgan fingerprint density at radius 3 is 2.50 bits per heavy atom. The summed E-state index contributed by atoms with van der Waals surface area (Å²) < 4.78 is 2.32. The second kappa shape index (κ2) is 4.83. The maximum atomic E-state index is 5.03. The Balaban J connectivity index is 2.06. The molecular formula is C24H16N2. The molecule has 4 aromatic carbocycles. The number of nitrogens with zero attached hydrogens (tertiary/aromatic N) is 2. The third kappa shape index (κ3) is 1.68. The summed E-state index contributed by atoms with van der Waals surface area (Å²) in [5, 5.41) is 6.29. The lowest BCUT2D eigenvalue weighted by Gasteiger charge is -2.12. The highest BCUT2D eigenvalue weighted by molar-refractivity contribution is 6.23. The van der Waals surface area contributed by atoms with E-state index in [-0.39, 0.29) is 0 Å².